The fourth-order valence-corrected chi connectivity index (χ4v) is 2.52. The van der Waals surface area contributed by atoms with Crippen molar-refractivity contribution >= 4 is 22.2 Å². The summed E-state index contributed by atoms with van der Waals surface area (Å²) in [5.41, 5.74) is -0.839. The summed E-state index contributed by atoms with van der Waals surface area (Å²) in [5, 5.41) is 15.3. The fourth-order valence-electron chi connectivity index (χ4n) is 0.716. The molecule has 0 aliphatic rings. The van der Waals surface area contributed by atoms with Crippen molar-refractivity contribution in [2.24, 2.45) is 9.50 Å². The summed E-state index contributed by atoms with van der Waals surface area (Å²) in [7, 11) is 1.03. The molecule has 1 aromatic rings. The lowest BCUT2D eigenvalue weighted by Gasteiger charge is -2.12. The second-order valence-corrected chi connectivity index (χ2v) is 5.72. The number of thiazole rings is 1. The summed E-state index contributed by atoms with van der Waals surface area (Å²) < 4.78 is 4.69. The van der Waals surface area contributed by atoms with Crippen LogP contribution in [0.5, 0.6) is 0 Å². The molecule has 0 radical (unpaired) electrons. The molecule has 3 N–H and O–H groups in total. The predicted octanol–water partition coefficient (Wildman–Crippen LogP) is 1.03. The quantitative estimate of drug-likeness (QED) is 0.780. The first kappa shape index (κ1) is 10.8. The van der Waals surface area contributed by atoms with Crippen LogP contribution >= 0.6 is 11.3 Å². The van der Waals surface area contributed by atoms with Crippen LogP contribution in [0.1, 0.15) is 18.7 Å². The highest BCUT2D eigenvalue weighted by atomic mass is 32.2. The van der Waals surface area contributed by atoms with E-state index in [1.54, 1.807) is 27.1 Å². The molecule has 0 amide bonds. The van der Waals surface area contributed by atoms with Gasteiger partial charge in [0.05, 0.1) is 10.5 Å². The summed E-state index contributed by atoms with van der Waals surface area (Å²) >= 11 is 1.40. The molecule has 0 aliphatic heterocycles. The maximum atomic E-state index is 9.66. The minimum Gasteiger partial charge on any atom is -0.385 e. The molecule has 0 aliphatic carbocycles. The predicted molar refractivity (Wildman–Crippen MR) is 55.5 cm³/mol. The third kappa shape index (κ3) is 2.57. The Hall–Kier alpha value is -0.300. The molecule has 0 saturated heterocycles. The van der Waals surface area contributed by atoms with Gasteiger partial charge >= 0.3 is 0 Å². The van der Waals surface area contributed by atoms with Crippen molar-refractivity contribution in [1.82, 2.24) is 4.98 Å². The average Bonchev–Trinajstić information content (AvgIpc) is 2.50. The lowest BCUT2D eigenvalue weighted by atomic mass is 10.1. The molecule has 1 atom stereocenters. The Kier molecular flexibility index (Phi) is 3.18. The molecule has 13 heavy (non-hydrogen) atoms. The number of rotatable bonds is 2. The van der Waals surface area contributed by atoms with E-state index in [4.69, 9.17) is 5.14 Å². The van der Waals surface area contributed by atoms with Gasteiger partial charge in [-0.3, -0.25) is 5.14 Å². The van der Waals surface area contributed by atoms with Gasteiger partial charge in [-0.15, -0.1) is 11.3 Å². The molecule has 0 aromatic carbocycles. The third-order valence-electron chi connectivity index (χ3n) is 1.46. The highest BCUT2D eigenvalue weighted by molar-refractivity contribution is 7.87. The molecule has 0 spiro atoms. The van der Waals surface area contributed by atoms with Gasteiger partial charge in [-0.25, -0.2) is 9.35 Å². The molecule has 1 rings (SSSR count). The lowest BCUT2D eigenvalue weighted by Crippen LogP contribution is -2.12. The molecule has 0 bridgehead atoms. The third-order valence-corrected chi connectivity index (χ3v) is 4.19. The Balaban J connectivity index is 3.00. The van der Waals surface area contributed by atoms with E-state index in [0.717, 1.165) is 9.22 Å². The largest absolute Gasteiger partial charge is 0.385 e. The van der Waals surface area contributed by atoms with Gasteiger partial charge in [-0.2, -0.15) is 0 Å². The number of aromatic nitrogens is 1. The van der Waals surface area contributed by atoms with Crippen LogP contribution in [-0.4, -0.2) is 17.1 Å². The van der Waals surface area contributed by atoms with Crippen LogP contribution in [0.15, 0.2) is 14.9 Å². The van der Waals surface area contributed by atoms with Gasteiger partial charge in [0.1, 0.15) is 0 Å². The van der Waals surface area contributed by atoms with E-state index in [1.807, 2.05) is 0 Å². The Morgan fingerprint density at radius 3 is 2.69 bits per heavy atom. The number of hydrogen-bond donors (Lipinski definition) is 2. The highest BCUT2D eigenvalue weighted by Gasteiger charge is 2.19. The van der Waals surface area contributed by atoms with Crippen molar-refractivity contribution in [3.63, 3.8) is 0 Å². The molecule has 1 unspecified atom stereocenters. The van der Waals surface area contributed by atoms with Crippen molar-refractivity contribution in [2.75, 3.05) is 7.05 Å². The van der Waals surface area contributed by atoms with Gasteiger partial charge in [0, 0.05) is 24.1 Å². The maximum Gasteiger partial charge on any atom is 0.175 e. The van der Waals surface area contributed by atoms with E-state index in [-0.39, 0.29) is 0 Å². The van der Waals surface area contributed by atoms with Crippen LogP contribution in [0, 0.1) is 0 Å². The van der Waals surface area contributed by atoms with Crippen molar-refractivity contribution in [2.45, 2.75) is 23.8 Å². The Morgan fingerprint density at radius 1 is 1.69 bits per heavy atom. The van der Waals surface area contributed by atoms with E-state index in [2.05, 4.69) is 9.35 Å². The highest BCUT2D eigenvalue weighted by Crippen LogP contribution is 2.26. The number of aliphatic hydroxyl groups is 1. The van der Waals surface area contributed by atoms with Crippen molar-refractivity contribution < 1.29 is 5.11 Å². The standard InChI is InChI=1S/C7H13N3OS2/c1-7(2,11)5-4-10-6(12-5)13(8)9-3/h4,11H,1-3H3,(H2,8,9). The van der Waals surface area contributed by atoms with Crippen LogP contribution in [0.4, 0.5) is 0 Å². The second kappa shape index (κ2) is 3.83. The summed E-state index contributed by atoms with van der Waals surface area (Å²) in [6.45, 7) is 3.45. The van der Waals surface area contributed by atoms with E-state index < -0.39 is 16.5 Å². The zero-order chi connectivity index (χ0) is 10.1. The first-order valence-corrected chi connectivity index (χ1v) is 5.78. The van der Waals surface area contributed by atoms with Crippen LogP contribution < -0.4 is 5.14 Å². The Labute approximate surface area is 84.0 Å². The van der Waals surface area contributed by atoms with Crippen LogP contribution in [0.25, 0.3) is 0 Å². The molecule has 1 aromatic heterocycles. The number of hydrogen-bond acceptors (Lipinski definition) is 4. The SMILES string of the molecule is CN=S(N)c1ncc(C(C)(C)O)s1. The van der Waals surface area contributed by atoms with Gasteiger partial charge < -0.3 is 5.11 Å². The van der Waals surface area contributed by atoms with E-state index >= 15 is 0 Å². The van der Waals surface area contributed by atoms with Gasteiger partial charge in [0.15, 0.2) is 4.34 Å². The second-order valence-electron chi connectivity index (χ2n) is 3.05. The summed E-state index contributed by atoms with van der Waals surface area (Å²) in [6.07, 6.45) is 1.65. The number of nitrogens with two attached hydrogens (primary N) is 1. The molecule has 6 heteroatoms. The topological polar surface area (TPSA) is 71.5 Å². The molecular formula is C7H13N3OS2. The van der Waals surface area contributed by atoms with Crippen LogP contribution in [-0.2, 0) is 16.5 Å². The van der Waals surface area contributed by atoms with Gasteiger partial charge in [-0.05, 0) is 13.8 Å². The maximum absolute atomic E-state index is 9.66. The monoisotopic (exact) mass is 219 g/mol. The Morgan fingerprint density at radius 2 is 2.31 bits per heavy atom. The van der Waals surface area contributed by atoms with E-state index in [0.29, 0.717) is 0 Å². The minimum atomic E-state index is -0.839. The summed E-state index contributed by atoms with van der Waals surface area (Å²) in [5.74, 6) is 0. The van der Waals surface area contributed by atoms with Gasteiger partial charge in [0.2, 0.25) is 0 Å². The molecule has 0 fully saturated rings. The summed E-state index contributed by atoms with van der Waals surface area (Å²) in [6, 6.07) is 0. The molecular weight excluding hydrogens is 206 g/mol. The van der Waals surface area contributed by atoms with Crippen molar-refractivity contribution in [3.05, 3.63) is 11.1 Å². The van der Waals surface area contributed by atoms with Gasteiger partial charge in [0.25, 0.3) is 0 Å². The normalized spacial score (nSPS) is 14.8. The molecule has 1 heterocycles. The van der Waals surface area contributed by atoms with Crippen LogP contribution in [0.2, 0.25) is 0 Å². The van der Waals surface area contributed by atoms with E-state index in [1.165, 1.54) is 11.3 Å². The minimum absolute atomic E-state index is 0.633. The van der Waals surface area contributed by atoms with E-state index in [9.17, 15) is 5.11 Å². The first-order chi connectivity index (χ1) is 5.95. The smallest absolute Gasteiger partial charge is 0.175 e. The van der Waals surface area contributed by atoms with Crippen molar-refractivity contribution in [1.29, 1.82) is 0 Å². The van der Waals surface area contributed by atoms with Crippen molar-refractivity contribution in [3.8, 4) is 0 Å². The Bertz CT molecular complexity index is 327. The molecule has 0 saturated carbocycles. The molecule has 74 valence electrons. The first-order valence-electron chi connectivity index (χ1n) is 3.72. The zero-order valence-corrected chi connectivity index (χ0v) is 9.45. The fraction of sp³-hybridized carbons (Fsp3) is 0.571. The lowest BCUT2D eigenvalue weighted by molar-refractivity contribution is 0.0823. The zero-order valence-electron chi connectivity index (χ0n) is 7.81. The van der Waals surface area contributed by atoms with Crippen LogP contribution in [0.3, 0.4) is 0 Å². The molecule has 4 nitrogen and oxygen atoms in total. The summed E-state index contributed by atoms with van der Waals surface area (Å²) in [4.78, 5) is 4.92. The van der Waals surface area contributed by atoms with Gasteiger partial charge in [-0.1, -0.05) is 0 Å². The average molecular weight is 219 g/mol. The number of nitrogens with zero attached hydrogens (tertiary/aromatic N) is 2.